The number of aryl methyl sites for hydroxylation is 2. The van der Waals surface area contributed by atoms with E-state index in [2.05, 4.69) is 18.0 Å². The Morgan fingerprint density at radius 2 is 1.69 bits per heavy atom. The Balaban J connectivity index is 1.69. The first-order valence-corrected chi connectivity index (χ1v) is 12.9. The Morgan fingerprint density at radius 3 is 2.38 bits per heavy atom. The number of aromatic nitrogens is 1. The molecule has 0 radical (unpaired) electrons. The van der Waals surface area contributed by atoms with Gasteiger partial charge in [0.25, 0.3) is 0 Å². The van der Waals surface area contributed by atoms with E-state index in [0.717, 1.165) is 27.8 Å². The molecular weight excluding hydrogens is 440 g/mol. The molecule has 0 saturated carbocycles. The zero-order chi connectivity index (χ0) is 22.7. The van der Waals surface area contributed by atoms with Gasteiger partial charge in [-0.25, -0.2) is 13.4 Å². The number of hydrogen-bond acceptors (Lipinski definition) is 5. The minimum Gasteiger partial charge on any atom is -0.283 e. The molecule has 32 heavy (non-hydrogen) atoms. The number of nitrogens with zero attached hydrogens (tertiary/aromatic N) is 2. The van der Waals surface area contributed by atoms with Crippen LogP contribution in [0.2, 0.25) is 0 Å². The predicted molar refractivity (Wildman–Crippen MR) is 130 cm³/mol. The predicted octanol–water partition coefficient (Wildman–Crippen LogP) is 5.17. The minimum absolute atomic E-state index is 0.146. The third-order valence-corrected chi connectivity index (χ3v) is 7.92. The number of fused-ring (bicyclic) bond motifs is 1. The lowest BCUT2D eigenvalue weighted by atomic mass is 10.2. The van der Waals surface area contributed by atoms with Crippen LogP contribution in [0.3, 0.4) is 0 Å². The molecule has 3 aromatic carbocycles. The maximum Gasteiger partial charge on any atom is 0.244 e. The van der Waals surface area contributed by atoms with Crippen LogP contribution >= 0.6 is 11.3 Å². The van der Waals surface area contributed by atoms with Crippen molar-refractivity contribution in [3.05, 3.63) is 89.5 Å². The number of hydrogen-bond donors (Lipinski definition) is 0. The van der Waals surface area contributed by atoms with E-state index in [9.17, 15) is 13.2 Å². The summed E-state index contributed by atoms with van der Waals surface area (Å²) in [4.78, 5) is 19.6. The van der Waals surface area contributed by atoms with E-state index in [1.807, 2.05) is 49.4 Å². The van der Waals surface area contributed by atoms with Gasteiger partial charge in [0.2, 0.25) is 5.91 Å². The number of benzene rings is 3. The highest BCUT2D eigenvalue weighted by molar-refractivity contribution is 7.92. The third kappa shape index (κ3) is 4.89. The van der Waals surface area contributed by atoms with E-state index in [1.165, 1.54) is 21.8 Å². The molecule has 0 atom stereocenters. The summed E-state index contributed by atoms with van der Waals surface area (Å²) in [5, 5.41) is 0.501. The summed E-state index contributed by atoms with van der Waals surface area (Å²) in [7, 11) is -3.78. The lowest BCUT2D eigenvalue weighted by Crippen LogP contribution is -2.35. The van der Waals surface area contributed by atoms with E-state index >= 15 is 0 Å². The highest BCUT2D eigenvalue weighted by Crippen LogP contribution is 2.31. The fourth-order valence-electron chi connectivity index (χ4n) is 3.39. The van der Waals surface area contributed by atoms with E-state index in [-0.39, 0.29) is 11.4 Å². The monoisotopic (exact) mass is 464 g/mol. The maximum absolute atomic E-state index is 13.3. The number of sulfone groups is 1. The van der Waals surface area contributed by atoms with Crippen molar-refractivity contribution in [3.63, 3.8) is 0 Å². The Bertz CT molecular complexity index is 1350. The Hall–Kier alpha value is -3.03. The lowest BCUT2D eigenvalue weighted by molar-refractivity contribution is -0.116. The number of anilines is 1. The molecular formula is C25H24N2O3S2. The third-order valence-electron chi connectivity index (χ3n) is 5.26. The molecule has 0 bridgehead atoms. The SMILES string of the molecule is CCc1ccc2nc(N(Cc3ccccc3)C(=O)CS(=O)(=O)c3ccc(C)cc3)sc2c1. The molecule has 0 fully saturated rings. The average Bonchev–Trinajstić information content (AvgIpc) is 3.21. The molecule has 7 heteroatoms. The van der Waals surface area contributed by atoms with Crippen molar-refractivity contribution >= 4 is 42.4 Å². The van der Waals surface area contributed by atoms with Crippen molar-refractivity contribution in [2.24, 2.45) is 0 Å². The molecule has 4 aromatic rings. The van der Waals surface area contributed by atoms with Crippen LogP contribution in [0.15, 0.2) is 77.7 Å². The standard InChI is InChI=1S/C25H24N2O3S2/c1-3-19-11-14-22-23(15-19)31-25(26-22)27(16-20-7-5-4-6-8-20)24(28)17-32(29,30)21-12-9-18(2)10-13-21/h4-15H,3,16-17H2,1-2H3. The van der Waals surface area contributed by atoms with E-state index in [0.29, 0.717) is 5.13 Å². The Labute approximate surface area is 192 Å². The number of carbonyl (C=O) groups excluding carboxylic acids is 1. The van der Waals surface area contributed by atoms with Crippen LogP contribution in [0, 0.1) is 6.92 Å². The molecule has 0 aliphatic heterocycles. The minimum atomic E-state index is -3.78. The summed E-state index contributed by atoms with van der Waals surface area (Å²) in [5.74, 6) is -1.11. The second-order valence-corrected chi connectivity index (χ2v) is 10.7. The fourth-order valence-corrected chi connectivity index (χ4v) is 5.63. The molecule has 1 heterocycles. The van der Waals surface area contributed by atoms with Crippen LogP contribution in [0.25, 0.3) is 10.2 Å². The highest BCUT2D eigenvalue weighted by Gasteiger charge is 2.27. The average molecular weight is 465 g/mol. The quantitative estimate of drug-likeness (QED) is 0.378. The molecule has 0 unspecified atom stereocenters. The van der Waals surface area contributed by atoms with Crippen LogP contribution in [-0.2, 0) is 27.6 Å². The Morgan fingerprint density at radius 1 is 0.969 bits per heavy atom. The largest absolute Gasteiger partial charge is 0.283 e. The summed E-state index contributed by atoms with van der Waals surface area (Å²) >= 11 is 1.41. The van der Waals surface area contributed by atoms with Crippen LogP contribution < -0.4 is 4.90 Å². The lowest BCUT2D eigenvalue weighted by Gasteiger charge is -2.20. The first kappa shape index (κ1) is 22.2. The summed E-state index contributed by atoms with van der Waals surface area (Å²) in [5.41, 5.74) is 3.86. The number of rotatable bonds is 7. The maximum atomic E-state index is 13.3. The smallest absolute Gasteiger partial charge is 0.244 e. The normalized spacial score (nSPS) is 11.6. The summed E-state index contributed by atoms with van der Waals surface area (Å²) in [6.45, 7) is 4.23. The van der Waals surface area contributed by atoms with Gasteiger partial charge in [-0.05, 0) is 48.7 Å². The highest BCUT2D eigenvalue weighted by atomic mass is 32.2. The molecule has 0 spiro atoms. The van der Waals surface area contributed by atoms with Gasteiger partial charge < -0.3 is 0 Å². The summed E-state index contributed by atoms with van der Waals surface area (Å²) in [6, 6.07) is 22.1. The van der Waals surface area contributed by atoms with E-state index < -0.39 is 21.5 Å². The number of amides is 1. The molecule has 1 amide bonds. The van der Waals surface area contributed by atoms with Crippen molar-refractivity contribution in [3.8, 4) is 0 Å². The van der Waals surface area contributed by atoms with Crippen molar-refractivity contribution in [2.45, 2.75) is 31.7 Å². The van der Waals surface area contributed by atoms with Crippen LogP contribution in [0.1, 0.15) is 23.6 Å². The van der Waals surface area contributed by atoms with Crippen molar-refractivity contribution in [1.29, 1.82) is 0 Å². The number of carbonyl (C=O) groups is 1. The van der Waals surface area contributed by atoms with Crippen molar-refractivity contribution in [2.75, 3.05) is 10.7 Å². The van der Waals surface area contributed by atoms with Gasteiger partial charge in [0.15, 0.2) is 15.0 Å². The first-order chi connectivity index (χ1) is 15.4. The zero-order valence-electron chi connectivity index (χ0n) is 18.0. The van der Waals surface area contributed by atoms with Crippen LogP contribution in [0.4, 0.5) is 5.13 Å². The van der Waals surface area contributed by atoms with Crippen LogP contribution in [0.5, 0.6) is 0 Å². The first-order valence-electron chi connectivity index (χ1n) is 10.4. The van der Waals surface area contributed by atoms with Gasteiger partial charge in [-0.1, -0.05) is 72.4 Å². The van der Waals surface area contributed by atoms with E-state index in [1.54, 1.807) is 24.3 Å². The van der Waals surface area contributed by atoms with Gasteiger partial charge in [-0.3, -0.25) is 9.69 Å². The fraction of sp³-hybridized carbons (Fsp3) is 0.200. The second kappa shape index (κ2) is 9.22. The van der Waals surface area contributed by atoms with Crippen molar-refractivity contribution < 1.29 is 13.2 Å². The van der Waals surface area contributed by atoms with Gasteiger partial charge in [0.05, 0.1) is 21.7 Å². The van der Waals surface area contributed by atoms with Gasteiger partial charge in [0.1, 0.15) is 5.75 Å². The topological polar surface area (TPSA) is 67.3 Å². The molecule has 0 aliphatic rings. The van der Waals surface area contributed by atoms with Crippen molar-refractivity contribution in [1.82, 2.24) is 4.98 Å². The molecule has 0 N–H and O–H groups in total. The second-order valence-electron chi connectivity index (χ2n) is 7.69. The van der Waals surface area contributed by atoms with Gasteiger partial charge >= 0.3 is 0 Å². The molecule has 164 valence electrons. The Kier molecular flexibility index (Phi) is 6.39. The molecule has 1 aromatic heterocycles. The van der Waals surface area contributed by atoms with E-state index in [4.69, 9.17) is 0 Å². The molecule has 0 saturated heterocycles. The van der Waals surface area contributed by atoms with Gasteiger partial charge in [0, 0.05) is 0 Å². The zero-order valence-corrected chi connectivity index (χ0v) is 19.6. The summed E-state index contributed by atoms with van der Waals surface area (Å²) < 4.78 is 26.8. The van der Waals surface area contributed by atoms with Gasteiger partial charge in [-0.15, -0.1) is 0 Å². The molecule has 5 nitrogen and oxygen atoms in total. The molecule has 4 rings (SSSR count). The van der Waals surface area contributed by atoms with Crippen LogP contribution in [-0.4, -0.2) is 25.1 Å². The molecule has 0 aliphatic carbocycles. The summed E-state index contributed by atoms with van der Waals surface area (Å²) in [6.07, 6.45) is 0.907. The van der Waals surface area contributed by atoms with Gasteiger partial charge in [-0.2, -0.15) is 0 Å². The number of thiazole rings is 1.